The Kier molecular flexibility index (Phi) is 3.69. The minimum Gasteiger partial charge on any atom is -0.398 e. The van der Waals surface area contributed by atoms with Crippen molar-refractivity contribution in [1.82, 2.24) is 9.80 Å². The van der Waals surface area contributed by atoms with E-state index in [1.165, 1.54) is 17.0 Å². The van der Waals surface area contributed by atoms with Crippen molar-refractivity contribution in [2.24, 2.45) is 0 Å². The van der Waals surface area contributed by atoms with Crippen LogP contribution in [0.15, 0.2) is 18.2 Å². The zero-order valence-electron chi connectivity index (χ0n) is 10.7. The molecule has 19 heavy (non-hydrogen) atoms. The van der Waals surface area contributed by atoms with E-state index in [9.17, 15) is 14.0 Å². The van der Waals surface area contributed by atoms with Gasteiger partial charge in [-0.3, -0.25) is 9.59 Å². The van der Waals surface area contributed by atoms with Gasteiger partial charge in [0.05, 0.1) is 5.56 Å². The van der Waals surface area contributed by atoms with Gasteiger partial charge in [0.2, 0.25) is 5.91 Å². The quantitative estimate of drug-likeness (QED) is 0.761. The van der Waals surface area contributed by atoms with Crippen molar-refractivity contribution in [1.29, 1.82) is 0 Å². The Hall–Kier alpha value is -2.11. The van der Waals surface area contributed by atoms with Crippen LogP contribution in [-0.2, 0) is 4.79 Å². The van der Waals surface area contributed by atoms with Crippen LogP contribution in [-0.4, -0.2) is 48.3 Å². The molecule has 0 spiro atoms. The molecule has 1 saturated heterocycles. The Labute approximate surface area is 110 Å². The van der Waals surface area contributed by atoms with Crippen LogP contribution in [0.1, 0.15) is 16.8 Å². The van der Waals surface area contributed by atoms with Crippen LogP contribution in [0, 0.1) is 5.82 Å². The van der Waals surface area contributed by atoms with Gasteiger partial charge >= 0.3 is 0 Å². The number of benzene rings is 1. The molecule has 0 radical (unpaired) electrons. The molecule has 2 N–H and O–H groups in total. The van der Waals surface area contributed by atoms with E-state index in [2.05, 4.69) is 0 Å². The molecular formula is C13H16FN3O2. The lowest BCUT2D eigenvalue weighted by Gasteiger charge is -2.20. The van der Waals surface area contributed by atoms with E-state index < -0.39 is 11.7 Å². The van der Waals surface area contributed by atoms with E-state index in [-0.39, 0.29) is 23.7 Å². The number of anilines is 1. The van der Waals surface area contributed by atoms with Crippen LogP contribution in [0.5, 0.6) is 0 Å². The highest BCUT2D eigenvalue weighted by Crippen LogP contribution is 2.17. The lowest BCUT2D eigenvalue weighted by molar-refractivity contribution is -0.129. The molecule has 2 rings (SSSR count). The molecule has 1 aliphatic heterocycles. The van der Waals surface area contributed by atoms with E-state index in [4.69, 9.17) is 5.73 Å². The van der Waals surface area contributed by atoms with E-state index in [0.29, 0.717) is 19.5 Å². The first-order valence-corrected chi connectivity index (χ1v) is 6.07. The molecule has 102 valence electrons. The highest BCUT2D eigenvalue weighted by Gasteiger charge is 2.25. The van der Waals surface area contributed by atoms with Crippen molar-refractivity contribution in [3.63, 3.8) is 0 Å². The van der Waals surface area contributed by atoms with Crippen molar-refractivity contribution in [2.75, 3.05) is 32.4 Å². The molecular weight excluding hydrogens is 249 g/mol. The van der Waals surface area contributed by atoms with Gasteiger partial charge in [0.25, 0.3) is 5.91 Å². The summed E-state index contributed by atoms with van der Waals surface area (Å²) in [6.45, 7) is 1.08. The molecule has 1 aromatic carbocycles. The third kappa shape index (κ3) is 2.83. The summed E-state index contributed by atoms with van der Waals surface area (Å²) in [6.07, 6.45) is 0.698. The maximum Gasteiger partial charge on any atom is 0.256 e. The number of hydrogen-bond acceptors (Lipinski definition) is 3. The minimum absolute atomic E-state index is 0.00524. The maximum atomic E-state index is 13.2. The number of carbonyl (C=O) groups is 2. The van der Waals surface area contributed by atoms with Gasteiger partial charge in [-0.1, -0.05) is 0 Å². The third-order valence-corrected chi connectivity index (χ3v) is 3.21. The molecule has 1 heterocycles. The van der Waals surface area contributed by atoms with Gasteiger partial charge in [0.15, 0.2) is 0 Å². The summed E-state index contributed by atoms with van der Waals surface area (Å²) in [4.78, 5) is 27.0. The largest absolute Gasteiger partial charge is 0.398 e. The van der Waals surface area contributed by atoms with Crippen LogP contribution in [0.25, 0.3) is 0 Å². The number of carbonyl (C=O) groups excluding carboxylic acids is 2. The van der Waals surface area contributed by atoms with Gasteiger partial charge in [-0.25, -0.2) is 4.39 Å². The first-order valence-electron chi connectivity index (χ1n) is 6.07. The molecule has 2 amide bonds. The fraction of sp³-hybridized carbons (Fsp3) is 0.385. The van der Waals surface area contributed by atoms with Crippen LogP contribution >= 0.6 is 0 Å². The molecule has 0 bridgehead atoms. The molecule has 5 nitrogen and oxygen atoms in total. The molecule has 6 heteroatoms. The second-order valence-corrected chi connectivity index (χ2v) is 4.63. The number of nitrogen functional groups attached to an aromatic ring is 1. The van der Waals surface area contributed by atoms with Crippen molar-refractivity contribution in [3.8, 4) is 0 Å². The first kappa shape index (κ1) is 13.3. The minimum atomic E-state index is -0.518. The normalized spacial score (nSPS) is 16.4. The zero-order chi connectivity index (χ0) is 14.0. The number of nitrogens with zero attached hydrogens (tertiary/aromatic N) is 2. The fourth-order valence-electron chi connectivity index (χ4n) is 2.04. The van der Waals surface area contributed by atoms with Gasteiger partial charge in [-0.2, -0.15) is 0 Å². The number of halogens is 1. The Morgan fingerprint density at radius 1 is 1.37 bits per heavy atom. The highest BCUT2D eigenvalue weighted by atomic mass is 19.1. The Morgan fingerprint density at radius 2 is 2.11 bits per heavy atom. The van der Waals surface area contributed by atoms with Gasteiger partial charge in [-0.15, -0.1) is 0 Å². The Bertz CT molecular complexity index is 519. The van der Waals surface area contributed by atoms with Gasteiger partial charge < -0.3 is 15.5 Å². The van der Waals surface area contributed by atoms with Crippen LogP contribution in [0.4, 0.5) is 10.1 Å². The summed E-state index contributed by atoms with van der Waals surface area (Å²) in [5.41, 5.74) is 6.02. The number of hydrogen-bond donors (Lipinski definition) is 1. The van der Waals surface area contributed by atoms with Crippen LogP contribution < -0.4 is 5.73 Å². The Morgan fingerprint density at radius 3 is 2.84 bits per heavy atom. The SMILES string of the molecule is CN1CCCN(C(=O)c2cc(F)ccc2N)CC1=O. The summed E-state index contributed by atoms with van der Waals surface area (Å²) in [5, 5.41) is 0. The van der Waals surface area contributed by atoms with Crippen LogP contribution in [0.2, 0.25) is 0 Å². The number of likely N-dealkylation sites (N-methyl/N-ethyl adjacent to an activating group) is 1. The Balaban J connectivity index is 2.23. The number of rotatable bonds is 1. The molecule has 0 aliphatic carbocycles. The predicted molar refractivity (Wildman–Crippen MR) is 69.0 cm³/mol. The topological polar surface area (TPSA) is 66.6 Å². The lowest BCUT2D eigenvalue weighted by Crippen LogP contribution is -2.38. The summed E-state index contributed by atoms with van der Waals surface area (Å²) in [5.74, 6) is -1.04. The molecule has 1 aliphatic rings. The summed E-state index contributed by atoms with van der Waals surface area (Å²) < 4.78 is 13.2. The van der Waals surface area contributed by atoms with E-state index in [1.807, 2.05) is 0 Å². The lowest BCUT2D eigenvalue weighted by atomic mass is 10.1. The second-order valence-electron chi connectivity index (χ2n) is 4.63. The number of nitrogens with two attached hydrogens (primary N) is 1. The molecule has 0 atom stereocenters. The fourth-order valence-corrected chi connectivity index (χ4v) is 2.04. The molecule has 0 aromatic heterocycles. The van der Waals surface area contributed by atoms with E-state index in [0.717, 1.165) is 6.07 Å². The van der Waals surface area contributed by atoms with Gasteiger partial charge in [-0.05, 0) is 24.6 Å². The zero-order valence-corrected chi connectivity index (χ0v) is 10.7. The third-order valence-electron chi connectivity index (χ3n) is 3.21. The molecule has 1 fully saturated rings. The van der Waals surface area contributed by atoms with Crippen molar-refractivity contribution in [2.45, 2.75) is 6.42 Å². The van der Waals surface area contributed by atoms with E-state index in [1.54, 1.807) is 11.9 Å². The van der Waals surface area contributed by atoms with Crippen molar-refractivity contribution in [3.05, 3.63) is 29.6 Å². The van der Waals surface area contributed by atoms with Crippen LogP contribution in [0.3, 0.4) is 0 Å². The first-order chi connectivity index (χ1) is 8.99. The standard InChI is InChI=1S/C13H16FN3O2/c1-16-5-2-6-17(8-12(16)18)13(19)10-7-9(14)3-4-11(10)15/h3-4,7H,2,5-6,8,15H2,1H3. The van der Waals surface area contributed by atoms with E-state index >= 15 is 0 Å². The number of amides is 2. The maximum absolute atomic E-state index is 13.2. The smallest absolute Gasteiger partial charge is 0.256 e. The summed E-state index contributed by atoms with van der Waals surface area (Å²) in [7, 11) is 1.70. The average molecular weight is 265 g/mol. The van der Waals surface area contributed by atoms with Gasteiger partial charge in [0.1, 0.15) is 12.4 Å². The molecule has 0 saturated carbocycles. The van der Waals surface area contributed by atoms with Crippen molar-refractivity contribution < 1.29 is 14.0 Å². The molecule has 0 unspecified atom stereocenters. The van der Waals surface area contributed by atoms with Gasteiger partial charge in [0, 0.05) is 25.8 Å². The molecule has 1 aromatic rings. The average Bonchev–Trinajstić information content (AvgIpc) is 2.54. The summed E-state index contributed by atoms with van der Waals surface area (Å²) in [6, 6.07) is 3.67. The second kappa shape index (κ2) is 5.26. The van der Waals surface area contributed by atoms with Crippen molar-refractivity contribution >= 4 is 17.5 Å². The highest BCUT2D eigenvalue weighted by molar-refractivity contribution is 6.00. The summed E-state index contributed by atoms with van der Waals surface area (Å²) >= 11 is 0. The monoisotopic (exact) mass is 265 g/mol. The predicted octanol–water partition coefficient (Wildman–Crippen LogP) is 0.712.